The molecule has 1 aliphatic rings. The second-order valence-electron chi connectivity index (χ2n) is 5.45. The number of halogens is 1. The van der Waals surface area contributed by atoms with Crippen LogP contribution in [0.1, 0.15) is 23.2 Å². The molecule has 3 N–H and O–H groups in total. The number of aromatic nitrogens is 2. The van der Waals surface area contributed by atoms with Crippen molar-refractivity contribution in [3.8, 4) is 11.3 Å². The summed E-state index contributed by atoms with van der Waals surface area (Å²) in [6.45, 7) is 2.78. The molecule has 0 bridgehead atoms. The Labute approximate surface area is 136 Å². The largest absolute Gasteiger partial charge is 0.352 e. The molecule has 1 unspecified atom stereocenters. The maximum Gasteiger partial charge on any atom is 0.255 e. The van der Waals surface area contributed by atoms with Crippen molar-refractivity contribution in [2.75, 3.05) is 19.6 Å². The number of piperidine rings is 1. The lowest BCUT2D eigenvalue weighted by Gasteiger charge is -2.22. The molecule has 1 aromatic carbocycles. The van der Waals surface area contributed by atoms with Gasteiger partial charge in [0.2, 0.25) is 0 Å². The first-order valence-corrected chi connectivity index (χ1v) is 7.42. The molecule has 0 saturated carbocycles. The summed E-state index contributed by atoms with van der Waals surface area (Å²) < 4.78 is 0. The predicted octanol–water partition coefficient (Wildman–Crippen LogP) is 2.23. The smallest absolute Gasteiger partial charge is 0.255 e. The highest BCUT2D eigenvalue weighted by Crippen LogP contribution is 2.20. The van der Waals surface area contributed by atoms with Crippen LogP contribution in [0.15, 0.2) is 36.5 Å². The number of nitrogens with one attached hydrogen (secondary N) is 3. The molecule has 0 spiro atoms. The quantitative estimate of drug-likeness (QED) is 0.809. The van der Waals surface area contributed by atoms with Gasteiger partial charge in [-0.2, -0.15) is 5.10 Å². The molecular weight excluding hydrogens is 300 g/mol. The Hall–Kier alpha value is -1.85. The molecule has 118 valence electrons. The SMILES string of the molecule is Cl.O=C(NCC1CCCNC1)c1cn[nH]c1-c1ccccc1. The van der Waals surface area contributed by atoms with Crippen molar-refractivity contribution in [3.63, 3.8) is 0 Å². The Kier molecular flexibility index (Phi) is 5.98. The first-order valence-electron chi connectivity index (χ1n) is 7.42. The van der Waals surface area contributed by atoms with Gasteiger partial charge >= 0.3 is 0 Å². The minimum atomic E-state index is -0.0619. The second-order valence-corrected chi connectivity index (χ2v) is 5.45. The van der Waals surface area contributed by atoms with Crippen LogP contribution in [0.25, 0.3) is 11.3 Å². The number of benzene rings is 1. The van der Waals surface area contributed by atoms with E-state index in [0.29, 0.717) is 18.0 Å². The highest BCUT2D eigenvalue weighted by atomic mass is 35.5. The van der Waals surface area contributed by atoms with Crippen LogP contribution in [0.5, 0.6) is 0 Å². The first-order chi connectivity index (χ1) is 10.3. The van der Waals surface area contributed by atoms with Crippen molar-refractivity contribution in [3.05, 3.63) is 42.1 Å². The molecule has 1 saturated heterocycles. The van der Waals surface area contributed by atoms with Crippen molar-refractivity contribution in [2.45, 2.75) is 12.8 Å². The molecule has 5 nitrogen and oxygen atoms in total. The number of amides is 1. The third kappa shape index (κ3) is 3.87. The Balaban J connectivity index is 0.00000176. The van der Waals surface area contributed by atoms with Gasteiger partial charge in [-0.3, -0.25) is 9.89 Å². The van der Waals surface area contributed by atoms with E-state index in [1.165, 1.54) is 12.8 Å². The number of H-pyrrole nitrogens is 1. The molecule has 3 rings (SSSR count). The normalized spacial score (nSPS) is 17.5. The number of aromatic amines is 1. The Morgan fingerprint density at radius 1 is 1.32 bits per heavy atom. The van der Waals surface area contributed by atoms with Crippen LogP contribution < -0.4 is 10.6 Å². The fourth-order valence-corrected chi connectivity index (χ4v) is 2.71. The van der Waals surface area contributed by atoms with E-state index in [1.807, 2.05) is 30.3 Å². The Morgan fingerprint density at radius 2 is 2.14 bits per heavy atom. The molecule has 1 atom stereocenters. The summed E-state index contributed by atoms with van der Waals surface area (Å²) in [6.07, 6.45) is 3.95. The van der Waals surface area contributed by atoms with Crippen molar-refractivity contribution in [1.29, 1.82) is 0 Å². The number of hydrogen-bond acceptors (Lipinski definition) is 3. The van der Waals surface area contributed by atoms with Gasteiger partial charge in [-0.25, -0.2) is 0 Å². The number of hydrogen-bond donors (Lipinski definition) is 3. The van der Waals surface area contributed by atoms with Crippen LogP contribution >= 0.6 is 12.4 Å². The zero-order valence-electron chi connectivity index (χ0n) is 12.3. The Bertz CT molecular complexity index is 593. The lowest BCUT2D eigenvalue weighted by molar-refractivity contribution is 0.0945. The van der Waals surface area contributed by atoms with E-state index in [1.54, 1.807) is 6.20 Å². The van der Waals surface area contributed by atoms with Gasteiger partial charge in [-0.05, 0) is 31.8 Å². The number of rotatable bonds is 4. The second kappa shape index (κ2) is 7.96. The summed E-state index contributed by atoms with van der Waals surface area (Å²) in [5.41, 5.74) is 2.35. The van der Waals surface area contributed by atoms with Crippen molar-refractivity contribution >= 4 is 18.3 Å². The lowest BCUT2D eigenvalue weighted by atomic mass is 9.99. The van der Waals surface area contributed by atoms with E-state index in [2.05, 4.69) is 20.8 Å². The molecule has 1 aliphatic heterocycles. The molecule has 2 heterocycles. The number of carbonyl (C=O) groups is 1. The van der Waals surface area contributed by atoms with Crippen molar-refractivity contribution < 1.29 is 4.79 Å². The van der Waals surface area contributed by atoms with E-state index in [4.69, 9.17) is 0 Å². The first kappa shape index (κ1) is 16.5. The molecule has 1 fully saturated rings. The van der Waals surface area contributed by atoms with Gasteiger partial charge in [0.25, 0.3) is 5.91 Å². The maximum absolute atomic E-state index is 12.4. The summed E-state index contributed by atoms with van der Waals surface area (Å²) in [7, 11) is 0. The summed E-state index contributed by atoms with van der Waals surface area (Å²) >= 11 is 0. The van der Waals surface area contributed by atoms with Crippen LogP contribution in [-0.2, 0) is 0 Å². The summed E-state index contributed by atoms with van der Waals surface area (Å²) in [5.74, 6) is 0.461. The van der Waals surface area contributed by atoms with E-state index in [0.717, 1.165) is 24.3 Å². The molecule has 6 heteroatoms. The van der Waals surface area contributed by atoms with Crippen LogP contribution in [0, 0.1) is 5.92 Å². The monoisotopic (exact) mass is 320 g/mol. The Morgan fingerprint density at radius 3 is 2.86 bits per heavy atom. The highest BCUT2D eigenvalue weighted by molar-refractivity contribution is 5.99. The van der Waals surface area contributed by atoms with Crippen molar-refractivity contribution in [1.82, 2.24) is 20.8 Å². The van der Waals surface area contributed by atoms with E-state index < -0.39 is 0 Å². The maximum atomic E-state index is 12.4. The number of carbonyl (C=O) groups excluding carboxylic acids is 1. The van der Waals surface area contributed by atoms with Crippen LogP contribution in [0.3, 0.4) is 0 Å². The molecule has 0 aliphatic carbocycles. The molecular formula is C16H21ClN4O. The van der Waals surface area contributed by atoms with Gasteiger partial charge < -0.3 is 10.6 Å². The van der Waals surface area contributed by atoms with Crippen LogP contribution in [0.2, 0.25) is 0 Å². The topological polar surface area (TPSA) is 69.8 Å². The summed E-state index contributed by atoms with van der Waals surface area (Å²) in [6, 6.07) is 9.79. The fraction of sp³-hybridized carbons (Fsp3) is 0.375. The number of nitrogens with zero attached hydrogens (tertiary/aromatic N) is 1. The molecule has 1 amide bonds. The van der Waals surface area contributed by atoms with Gasteiger partial charge in [0.05, 0.1) is 17.5 Å². The standard InChI is InChI=1S/C16H20N4O.ClH/c21-16(18-10-12-5-4-8-17-9-12)14-11-19-20-15(14)13-6-2-1-3-7-13;/h1-3,6-7,11-12,17H,4-5,8-10H2,(H,18,21)(H,19,20);1H. The molecule has 2 aromatic rings. The summed E-state index contributed by atoms with van der Waals surface area (Å²) in [5, 5.41) is 13.3. The predicted molar refractivity (Wildman–Crippen MR) is 89.2 cm³/mol. The minimum Gasteiger partial charge on any atom is -0.352 e. The molecule has 22 heavy (non-hydrogen) atoms. The average Bonchev–Trinajstić information content (AvgIpc) is 3.04. The van der Waals surface area contributed by atoms with Gasteiger partial charge in [-0.15, -0.1) is 12.4 Å². The van der Waals surface area contributed by atoms with Crippen LogP contribution in [-0.4, -0.2) is 35.7 Å². The van der Waals surface area contributed by atoms with E-state index >= 15 is 0 Å². The van der Waals surface area contributed by atoms with Gasteiger partial charge in [0, 0.05) is 12.1 Å². The zero-order valence-corrected chi connectivity index (χ0v) is 13.2. The molecule has 0 radical (unpaired) electrons. The lowest BCUT2D eigenvalue weighted by Crippen LogP contribution is -2.38. The summed E-state index contributed by atoms with van der Waals surface area (Å²) in [4.78, 5) is 12.4. The van der Waals surface area contributed by atoms with Crippen LogP contribution in [0.4, 0.5) is 0 Å². The molecule has 1 aromatic heterocycles. The van der Waals surface area contributed by atoms with Gasteiger partial charge in [0.1, 0.15) is 0 Å². The zero-order chi connectivity index (χ0) is 14.5. The third-order valence-corrected chi connectivity index (χ3v) is 3.90. The fourth-order valence-electron chi connectivity index (χ4n) is 2.71. The van der Waals surface area contributed by atoms with E-state index in [9.17, 15) is 4.79 Å². The van der Waals surface area contributed by atoms with Gasteiger partial charge in [0.15, 0.2) is 0 Å². The van der Waals surface area contributed by atoms with Crippen molar-refractivity contribution in [2.24, 2.45) is 5.92 Å². The van der Waals surface area contributed by atoms with Gasteiger partial charge in [-0.1, -0.05) is 30.3 Å². The minimum absolute atomic E-state index is 0. The highest BCUT2D eigenvalue weighted by Gasteiger charge is 2.18. The van der Waals surface area contributed by atoms with E-state index in [-0.39, 0.29) is 18.3 Å². The average molecular weight is 321 g/mol. The third-order valence-electron chi connectivity index (χ3n) is 3.90.